The van der Waals surface area contributed by atoms with Gasteiger partial charge >= 0.3 is 0 Å². The van der Waals surface area contributed by atoms with Crippen LogP contribution in [0, 0.1) is 0 Å². The van der Waals surface area contributed by atoms with Crippen LogP contribution in [0.3, 0.4) is 0 Å². The van der Waals surface area contributed by atoms with E-state index in [1.807, 2.05) is 63.0 Å². The molecule has 0 spiro atoms. The first-order valence-electron chi connectivity index (χ1n) is 13.8. The number of amides is 3. The second kappa shape index (κ2) is 16.2. The molecule has 1 aromatic carbocycles. The third kappa shape index (κ3) is 10.1. The largest absolute Gasteiger partial charge is 0.493 e. The van der Waals surface area contributed by atoms with Gasteiger partial charge in [-0.05, 0) is 52.9 Å². The summed E-state index contributed by atoms with van der Waals surface area (Å²) >= 11 is 0. The molecule has 0 unspecified atom stereocenters. The van der Waals surface area contributed by atoms with E-state index in [1.54, 1.807) is 26.1 Å². The topological polar surface area (TPSA) is 146 Å². The molecule has 41 heavy (non-hydrogen) atoms. The molecule has 1 atom stereocenters. The number of hydrogen-bond acceptors (Lipinski definition) is 9. The molecule has 12 nitrogen and oxygen atoms in total. The summed E-state index contributed by atoms with van der Waals surface area (Å²) in [4.78, 5) is 51.3. The van der Waals surface area contributed by atoms with Gasteiger partial charge in [0.2, 0.25) is 11.8 Å². The number of nitrogens with zero attached hydrogens (tertiary/aromatic N) is 5. The van der Waals surface area contributed by atoms with Gasteiger partial charge in [-0.25, -0.2) is 9.97 Å². The standard InChI is InChI=1S/C29H44N8O4/c1-8-23-28(36(6)9-2)34-27(25(33-23)26(30)39)32-21-13-10-14-22(19-21)41-18-12-16-31-29(40)20(3)37(7)24(38)15-11-17-35(4)5/h10-11,13-15,19-20H,8-9,12,16-18H2,1-7H3,(H2,30,39)(H,31,40)(H,32,34)/b15-11+/t20-/m0/s1. The molecule has 4 N–H and O–H groups in total. The van der Waals surface area contributed by atoms with Crippen LogP contribution in [0.25, 0.3) is 0 Å². The number of ether oxygens (including phenoxy) is 1. The fraction of sp³-hybridized carbons (Fsp3) is 0.483. The Morgan fingerprint density at radius 1 is 1.12 bits per heavy atom. The van der Waals surface area contributed by atoms with Crippen molar-refractivity contribution in [3.05, 3.63) is 47.8 Å². The number of hydrogen-bond donors (Lipinski definition) is 3. The fourth-order valence-corrected chi connectivity index (χ4v) is 3.68. The zero-order chi connectivity index (χ0) is 30.5. The maximum Gasteiger partial charge on any atom is 0.271 e. The van der Waals surface area contributed by atoms with Gasteiger partial charge in [-0.2, -0.15) is 0 Å². The monoisotopic (exact) mass is 568 g/mol. The summed E-state index contributed by atoms with van der Waals surface area (Å²) in [7, 11) is 7.35. The lowest BCUT2D eigenvalue weighted by molar-refractivity contribution is -0.135. The number of nitrogens with one attached hydrogen (secondary N) is 2. The molecule has 12 heteroatoms. The molecule has 2 aromatic rings. The first-order chi connectivity index (χ1) is 19.5. The lowest BCUT2D eigenvalue weighted by Crippen LogP contribution is -2.45. The minimum absolute atomic E-state index is 0.0725. The molecule has 0 aliphatic carbocycles. The Labute approximate surface area is 242 Å². The van der Waals surface area contributed by atoms with Crippen LogP contribution in [-0.2, 0) is 16.0 Å². The minimum atomic E-state index is -0.666. The van der Waals surface area contributed by atoms with Gasteiger partial charge in [-0.1, -0.05) is 19.1 Å². The summed E-state index contributed by atoms with van der Waals surface area (Å²) in [5.41, 5.74) is 7.03. The highest BCUT2D eigenvalue weighted by atomic mass is 16.5. The number of aryl methyl sites for hydroxylation is 1. The Hall–Kier alpha value is -4.19. The molecule has 1 aromatic heterocycles. The average Bonchev–Trinajstić information content (AvgIpc) is 2.95. The Balaban J connectivity index is 1.93. The highest BCUT2D eigenvalue weighted by molar-refractivity contribution is 5.96. The first-order valence-corrected chi connectivity index (χ1v) is 13.8. The van der Waals surface area contributed by atoms with Crippen molar-refractivity contribution < 1.29 is 19.1 Å². The number of carbonyl (C=O) groups excluding carboxylic acids is 3. The molecular weight excluding hydrogens is 524 g/mol. The summed E-state index contributed by atoms with van der Waals surface area (Å²) in [6.45, 7) is 7.78. The molecule has 0 aliphatic rings. The van der Waals surface area contributed by atoms with Crippen molar-refractivity contribution in [2.24, 2.45) is 5.73 Å². The summed E-state index contributed by atoms with van der Waals surface area (Å²) in [5.74, 6) is 0.435. The summed E-state index contributed by atoms with van der Waals surface area (Å²) in [5, 5.41) is 6.00. The Morgan fingerprint density at radius 2 is 1.85 bits per heavy atom. The van der Waals surface area contributed by atoms with Crippen LogP contribution >= 0.6 is 0 Å². The number of likely N-dealkylation sites (N-methyl/N-ethyl adjacent to an activating group) is 2. The Kier molecular flexibility index (Phi) is 13.0. The third-order valence-electron chi connectivity index (χ3n) is 6.38. The number of nitrogens with two attached hydrogens (primary N) is 1. The van der Waals surface area contributed by atoms with E-state index >= 15 is 0 Å². The van der Waals surface area contributed by atoms with Crippen molar-refractivity contribution in [3.63, 3.8) is 0 Å². The molecular formula is C29H44N8O4. The number of rotatable bonds is 16. The Morgan fingerprint density at radius 3 is 2.49 bits per heavy atom. The zero-order valence-electron chi connectivity index (χ0n) is 25.2. The van der Waals surface area contributed by atoms with Gasteiger partial charge in [-0.15, -0.1) is 0 Å². The van der Waals surface area contributed by atoms with Gasteiger partial charge in [0.25, 0.3) is 5.91 Å². The van der Waals surface area contributed by atoms with Crippen LogP contribution in [0.1, 0.15) is 43.4 Å². The van der Waals surface area contributed by atoms with E-state index in [1.165, 1.54) is 11.0 Å². The van der Waals surface area contributed by atoms with Crippen molar-refractivity contribution >= 4 is 35.0 Å². The van der Waals surface area contributed by atoms with Crippen LogP contribution in [-0.4, -0.2) is 98.0 Å². The van der Waals surface area contributed by atoms with Gasteiger partial charge in [0.1, 0.15) is 11.8 Å². The highest BCUT2D eigenvalue weighted by Crippen LogP contribution is 2.26. The second-order valence-corrected chi connectivity index (χ2v) is 9.86. The predicted molar refractivity (Wildman–Crippen MR) is 162 cm³/mol. The molecule has 0 bridgehead atoms. The van der Waals surface area contributed by atoms with Crippen molar-refractivity contribution in [2.75, 3.05) is 64.6 Å². The predicted octanol–water partition coefficient (Wildman–Crippen LogP) is 2.19. The van der Waals surface area contributed by atoms with Crippen LogP contribution in [0.5, 0.6) is 5.75 Å². The molecule has 1 heterocycles. The van der Waals surface area contributed by atoms with Gasteiger partial charge < -0.3 is 35.8 Å². The number of primary amides is 1. The van der Waals surface area contributed by atoms with E-state index in [0.717, 1.165) is 6.54 Å². The highest BCUT2D eigenvalue weighted by Gasteiger charge is 2.21. The summed E-state index contributed by atoms with van der Waals surface area (Å²) in [6.07, 6.45) is 4.42. The number of aromatic nitrogens is 2. The zero-order valence-corrected chi connectivity index (χ0v) is 25.2. The van der Waals surface area contributed by atoms with E-state index in [0.29, 0.717) is 55.5 Å². The lowest BCUT2D eigenvalue weighted by Gasteiger charge is -2.23. The van der Waals surface area contributed by atoms with Crippen LogP contribution in [0.4, 0.5) is 17.3 Å². The molecule has 3 amide bonds. The smallest absolute Gasteiger partial charge is 0.271 e. The second-order valence-electron chi connectivity index (χ2n) is 9.86. The van der Waals surface area contributed by atoms with Crippen molar-refractivity contribution in [3.8, 4) is 5.75 Å². The van der Waals surface area contributed by atoms with Crippen LogP contribution in [0.15, 0.2) is 36.4 Å². The number of benzene rings is 1. The summed E-state index contributed by atoms with van der Waals surface area (Å²) < 4.78 is 5.86. The van der Waals surface area contributed by atoms with Crippen molar-refractivity contribution in [1.82, 2.24) is 25.1 Å². The number of anilines is 3. The molecule has 0 aliphatic heterocycles. The molecule has 2 rings (SSSR count). The fourth-order valence-electron chi connectivity index (χ4n) is 3.68. The molecule has 0 radical (unpaired) electrons. The summed E-state index contributed by atoms with van der Waals surface area (Å²) in [6, 6.07) is 6.64. The molecule has 0 saturated heterocycles. The van der Waals surface area contributed by atoms with E-state index in [9.17, 15) is 14.4 Å². The quantitative estimate of drug-likeness (QED) is 0.205. The normalized spacial score (nSPS) is 11.8. The maximum atomic E-state index is 12.5. The van der Waals surface area contributed by atoms with E-state index in [4.69, 9.17) is 10.5 Å². The van der Waals surface area contributed by atoms with Gasteiger partial charge in [0.15, 0.2) is 17.3 Å². The van der Waals surface area contributed by atoms with Crippen LogP contribution in [0.2, 0.25) is 0 Å². The first kappa shape index (κ1) is 33.0. The number of carbonyl (C=O) groups is 3. The van der Waals surface area contributed by atoms with E-state index < -0.39 is 11.9 Å². The third-order valence-corrected chi connectivity index (χ3v) is 6.38. The lowest BCUT2D eigenvalue weighted by atomic mass is 10.2. The van der Waals surface area contributed by atoms with Gasteiger partial charge in [0, 0.05) is 51.6 Å². The van der Waals surface area contributed by atoms with E-state index in [2.05, 4.69) is 20.6 Å². The molecule has 0 saturated carbocycles. The van der Waals surface area contributed by atoms with E-state index in [-0.39, 0.29) is 23.3 Å². The minimum Gasteiger partial charge on any atom is -0.493 e. The van der Waals surface area contributed by atoms with Crippen LogP contribution < -0.4 is 26.0 Å². The Bertz CT molecular complexity index is 1220. The van der Waals surface area contributed by atoms with Gasteiger partial charge in [-0.3, -0.25) is 14.4 Å². The SMILES string of the molecule is CCc1nc(C(N)=O)c(Nc2cccc(OCCCNC(=O)[C@H](C)N(C)C(=O)/C=C/CN(C)C)c2)nc1N(C)CC. The average molecular weight is 569 g/mol. The maximum absolute atomic E-state index is 12.5. The molecule has 224 valence electrons. The van der Waals surface area contributed by atoms with Crippen molar-refractivity contribution in [1.29, 1.82) is 0 Å². The molecule has 0 fully saturated rings. The van der Waals surface area contributed by atoms with Gasteiger partial charge in [0.05, 0.1) is 12.3 Å². The van der Waals surface area contributed by atoms with Crippen molar-refractivity contribution in [2.45, 2.75) is 39.7 Å².